The van der Waals surface area contributed by atoms with Crippen LogP contribution >= 0.6 is 0 Å². The summed E-state index contributed by atoms with van der Waals surface area (Å²) < 4.78 is 72.9. The zero-order chi connectivity index (χ0) is 23.9. The van der Waals surface area contributed by atoms with Gasteiger partial charge in [-0.2, -0.15) is 18.3 Å². The van der Waals surface area contributed by atoms with Gasteiger partial charge < -0.3 is 5.11 Å². The Hall–Kier alpha value is -2.51. The number of carbonyl (C=O) groups is 1. The van der Waals surface area contributed by atoms with E-state index in [0.29, 0.717) is 19.5 Å². The number of alkyl halides is 3. The number of rotatable bonds is 7. The second kappa shape index (κ2) is 10.9. The first-order chi connectivity index (χ1) is 14.9. The minimum Gasteiger partial charge on any atom is -0.475 e. The summed E-state index contributed by atoms with van der Waals surface area (Å²) in [6.07, 6.45) is -2.65. The summed E-state index contributed by atoms with van der Waals surface area (Å²) in [5.74, 6) is -2.91. The summed E-state index contributed by atoms with van der Waals surface area (Å²) in [5, 5.41) is 11.5. The summed E-state index contributed by atoms with van der Waals surface area (Å²) in [7, 11) is -3.19. The Kier molecular flexibility index (Phi) is 8.75. The molecule has 32 heavy (non-hydrogen) atoms. The summed E-state index contributed by atoms with van der Waals surface area (Å²) in [6.45, 7) is 4.15. The lowest BCUT2D eigenvalue weighted by Crippen LogP contribution is -2.39. The minimum atomic E-state index is -5.08. The second-order valence-corrected chi connectivity index (χ2v) is 9.21. The van der Waals surface area contributed by atoms with E-state index in [1.807, 2.05) is 16.8 Å². The van der Waals surface area contributed by atoms with Crippen LogP contribution in [0.15, 0.2) is 36.5 Å². The van der Waals surface area contributed by atoms with Gasteiger partial charge in [-0.05, 0) is 37.1 Å². The van der Waals surface area contributed by atoms with Gasteiger partial charge in [-0.1, -0.05) is 12.1 Å². The molecule has 0 spiro atoms. The van der Waals surface area contributed by atoms with Crippen molar-refractivity contribution >= 4 is 16.0 Å². The maximum atomic E-state index is 13.4. The molecular formula is C19H24F4N4O4S. The van der Waals surface area contributed by atoms with Crippen molar-refractivity contribution in [3.8, 4) is 0 Å². The van der Waals surface area contributed by atoms with Gasteiger partial charge in [0.25, 0.3) is 0 Å². The largest absolute Gasteiger partial charge is 0.490 e. The predicted molar refractivity (Wildman–Crippen MR) is 108 cm³/mol. The Morgan fingerprint density at radius 3 is 2.59 bits per heavy atom. The lowest BCUT2D eigenvalue weighted by atomic mass is 10.1. The monoisotopic (exact) mass is 480 g/mol. The molecule has 1 aromatic heterocycles. The van der Waals surface area contributed by atoms with Crippen molar-refractivity contribution in [1.29, 1.82) is 0 Å². The van der Waals surface area contributed by atoms with Crippen molar-refractivity contribution in [2.24, 2.45) is 0 Å². The van der Waals surface area contributed by atoms with Crippen LogP contribution in [0.5, 0.6) is 0 Å². The molecule has 1 aliphatic heterocycles. The van der Waals surface area contributed by atoms with Crippen LogP contribution < -0.4 is 4.72 Å². The number of fused-ring (bicyclic) bond motifs is 1. The number of aromatic nitrogens is 2. The first-order valence-corrected chi connectivity index (χ1v) is 11.3. The highest BCUT2D eigenvalue weighted by Gasteiger charge is 2.38. The molecule has 0 fully saturated rings. The molecule has 1 aliphatic rings. The normalized spacial score (nSPS) is 16.7. The minimum absolute atomic E-state index is 0.0797. The van der Waals surface area contributed by atoms with Gasteiger partial charge in [-0.15, -0.1) is 0 Å². The number of nitrogens with one attached hydrogen (secondary N) is 1. The maximum Gasteiger partial charge on any atom is 0.490 e. The fraction of sp³-hybridized carbons (Fsp3) is 0.474. The van der Waals surface area contributed by atoms with Gasteiger partial charge in [0.1, 0.15) is 5.82 Å². The molecule has 8 nitrogen and oxygen atoms in total. The lowest BCUT2D eigenvalue weighted by Gasteiger charge is -2.34. The Bertz CT molecular complexity index is 1010. The van der Waals surface area contributed by atoms with Gasteiger partial charge in [-0.3, -0.25) is 9.58 Å². The molecular weight excluding hydrogens is 456 g/mol. The van der Waals surface area contributed by atoms with Crippen LogP contribution in [0.1, 0.15) is 30.6 Å². The number of nitrogens with zero attached hydrogens (tertiary/aromatic N) is 3. The van der Waals surface area contributed by atoms with Gasteiger partial charge >= 0.3 is 12.1 Å². The van der Waals surface area contributed by atoms with Crippen molar-refractivity contribution in [2.45, 2.75) is 38.7 Å². The van der Waals surface area contributed by atoms with Crippen LogP contribution in [0.2, 0.25) is 0 Å². The number of carboxylic acid groups (broad SMARTS) is 1. The third-order valence-corrected chi connectivity index (χ3v) is 6.07. The van der Waals surface area contributed by atoms with E-state index in [9.17, 15) is 26.0 Å². The molecule has 13 heteroatoms. The van der Waals surface area contributed by atoms with E-state index < -0.39 is 22.2 Å². The fourth-order valence-corrected chi connectivity index (χ4v) is 3.81. The molecule has 178 valence electrons. The van der Waals surface area contributed by atoms with Crippen molar-refractivity contribution in [1.82, 2.24) is 19.4 Å². The first-order valence-electron chi connectivity index (χ1n) is 9.68. The molecule has 0 aliphatic carbocycles. The van der Waals surface area contributed by atoms with E-state index in [0.717, 1.165) is 24.3 Å². The maximum absolute atomic E-state index is 13.4. The molecule has 2 aromatic rings. The summed E-state index contributed by atoms with van der Waals surface area (Å²) >= 11 is 0. The molecule has 0 bridgehead atoms. The third-order valence-electron chi connectivity index (χ3n) is 4.67. The highest BCUT2D eigenvalue weighted by Crippen LogP contribution is 2.24. The van der Waals surface area contributed by atoms with Crippen molar-refractivity contribution in [3.63, 3.8) is 0 Å². The van der Waals surface area contributed by atoms with Crippen molar-refractivity contribution in [2.75, 3.05) is 18.8 Å². The zero-order valence-electron chi connectivity index (χ0n) is 17.2. The van der Waals surface area contributed by atoms with Crippen molar-refractivity contribution in [3.05, 3.63) is 53.6 Å². The van der Waals surface area contributed by atoms with Crippen LogP contribution in [0.4, 0.5) is 17.6 Å². The molecule has 0 radical (unpaired) electrons. The molecule has 3 rings (SSSR count). The Balaban J connectivity index is 0.000000451. The number of sulfonamides is 1. The van der Waals surface area contributed by atoms with Gasteiger partial charge in [-0.25, -0.2) is 22.3 Å². The predicted octanol–water partition coefficient (Wildman–Crippen LogP) is 2.54. The zero-order valence-corrected chi connectivity index (χ0v) is 18.0. The number of halogens is 4. The van der Waals surface area contributed by atoms with Crippen LogP contribution in [0, 0.1) is 5.82 Å². The summed E-state index contributed by atoms with van der Waals surface area (Å²) in [5.41, 5.74) is 2.02. The Morgan fingerprint density at radius 1 is 1.31 bits per heavy atom. The molecule has 1 unspecified atom stereocenters. The van der Waals surface area contributed by atoms with E-state index >= 15 is 0 Å². The van der Waals surface area contributed by atoms with Gasteiger partial charge in [0.2, 0.25) is 10.0 Å². The fourth-order valence-electron chi connectivity index (χ4n) is 3.18. The highest BCUT2D eigenvalue weighted by molar-refractivity contribution is 7.89. The molecule has 0 saturated heterocycles. The molecule has 0 amide bonds. The lowest BCUT2D eigenvalue weighted by molar-refractivity contribution is -0.192. The van der Waals surface area contributed by atoms with E-state index in [1.165, 1.54) is 6.07 Å². The first kappa shape index (κ1) is 25.7. The van der Waals surface area contributed by atoms with E-state index in [2.05, 4.69) is 14.7 Å². The molecule has 1 aromatic carbocycles. The van der Waals surface area contributed by atoms with Crippen LogP contribution in [0.25, 0.3) is 0 Å². The second-order valence-electron chi connectivity index (χ2n) is 7.11. The molecule has 1 atom stereocenters. The smallest absolute Gasteiger partial charge is 0.475 e. The van der Waals surface area contributed by atoms with Crippen LogP contribution in [0.3, 0.4) is 0 Å². The molecule has 0 saturated carbocycles. The van der Waals surface area contributed by atoms with E-state index in [-0.39, 0.29) is 17.6 Å². The van der Waals surface area contributed by atoms with Gasteiger partial charge in [0, 0.05) is 32.4 Å². The SMILES string of the molecule is CCS(=O)(=O)NCCC1CN(Cc2cccc(F)c2)Cc2ccnn21.O=C(O)C(F)(F)F. The number of aliphatic carboxylic acids is 1. The Labute approximate surface area is 182 Å². The average molecular weight is 480 g/mol. The molecule has 2 heterocycles. The number of carboxylic acids is 1. The third kappa shape index (κ3) is 7.88. The summed E-state index contributed by atoms with van der Waals surface area (Å²) in [4.78, 5) is 11.1. The number of hydrogen-bond acceptors (Lipinski definition) is 5. The van der Waals surface area contributed by atoms with E-state index in [1.54, 1.807) is 25.3 Å². The quantitative estimate of drug-likeness (QED) is 0.591. The molecule has 2 N–H and O–H groups in total. The van der Waals surface area contributed by atoms with Crippen LogP contribution in [-0.4, -0.2) is 59.2 Å². The number of hydrogen-bond donors (Lipinski definition) is 2. The number of benzene rings is 1. The van der Waals surface area contributed by atoms with E-state index in [4.69, 9.17) is 9.90 Å². The summed E-state index contributed by atoms with van der Waals surface area (Å²) in [6, 6.07) is 8.69. The van der Waals surface area contributed by atoms with Crippen LogP contribution in [-0.2, 0) is 27.9 Å². The van der Waals surface area contributed by atoms with Crippen molar-refractivity contribution < 1.29 is 35.9 Å². The Morgan fingerprint density at radius 2 is 2.00 bits per heavy atom. The highest BCUT2D eigenvalue weighted by atomic mass is 32.2. The average Bonchev–Trinajstić information content (AvgIpc) is 3.16. The standard InChI is InChI=1S/C17H23FN4O2S.C2HF3O2/c1-2-25(23,24)20-9-7-17-13-21(12-16-6-8-19-22(16)17)11-14-4-3-5-15(18)10-14;3-2(4,5)1(6)7/h3-6,8,10,17,20H,2,7,9,11-13H2,1H3;(H,6,7). The van der Waals surface area contributed by atoms with Gasteiger partial charge in [0.05, 0.1) is 17.5 Å². The van der Waals surface area contributed by atoms with Gasteiger partial charge in [0.15, 0.2) is 0 Å². The topological polar surface area (TPSA) is 105 Å².